The molecule has 0 fully saturated rings. The van der Waals surface area contributed by atoms with Crippen molar-refractivity contribution in [3.8, 4) is 5.75 Å². The van der Waals surface area contributed by atoms with E-state index >= 15 is 0 Å². The summed E-state index contributed by atoms with van der Waals surface area (Å²) in [6.45, 7) is 0.493. The molecular weight excluding hydrogens is 210 g/mol. The van der Waals surface area contributed by atoms with Gasteiger partial charge in [0, 0.05) is 11.8 Å². The topological polar surface area (TPSA) is 39.2 Å². The van der Waals surface area contributed by atoms with Gasteiger partial charge in [0.25, 0.3) is 0 Å². The third-order valence-corrected chi connectivity index (χ3v) is 2.61. The summed E-state index contributed by atoms with van der Waals surface area (Å²) in [7, 11) is 0. The number of ether oxygens (including phenoxy) is 1. The summed E-state index contributed by atoms with van der Waals surface area (Å²) < 4.78 is 5.50. The molecular formula is C11H9NO2S. The smallest absolute Gasteiger partial charge is 0.150 e. The minimum Gasteiger partial charge on any atom is -0.488 e. The Labute approximate surface area is 91.4 Å². The molecule has 2 rings (SSSR count). The first-order valence-corrected chi connectivity index (χ1v) is 5.32. The summed E-state index contributed by atoms with van der Waals surface area (Å²) in [5, 5.41) is 0. The van der Waals surface area contributed by atoms with E-state index in [1.807, 2.05) is 6.07 Å². The minimum absolute atomic E-state index is 0.493. The van der Waals surface area contributed by atoms with Crippen LogP contribution in [0.5, 0.6) is 5.75 Å². The van der Waals surface area contributed by atoms with Crippen LogP contribution in [0.1, 0.15) is 15.2 Å². The van der Waals surface area contributed by atoms with Crippen LogP contribution in [0.4, 0.5) is 0 Å². The van der Waals surface area contributed by atoms with Crippen molar-refractivity contribution in [3.63, 3.8) is 0 Å². The van der Waals surface area contributed by atoms with E-state index in [1.54, 1.807) is 41.2 Å². The highest BCUT2D eigenvalue weighted by Gasteiger charge is 1.98. The minimum atomic E-state index is 0.493. The maximum absolute atomic E-state index is 10.5. The Morgan fingerprint density at radius 1 is 1.47 bits per heavy atom. The van der Waals surface area contributed by atoms with E-state index in [0.717, 1.165) is 11.2 Å². The number of hydrogen-bond donors (Lipinski definition) is 0. The van der Waals surface area contributed by atoms with Gasteiger partial charge >= 0.3 is 0 Å². The van der Waals surface area contributed by atoms with Gasteiger partial charge in [-0.15, -0.1) is 11.3 Å². The zero-order chi connectivity index (χ0) is 10.5. The second-order valence-electron chi connectivity index (χ2n) is 2.95. The first-order chi connectivity index (χ1) is 7.38. The Kier molecular flexibility index (Phi) is 3.09. The van der Waals surface area contributed by atoms with Gasteiger partial charge in [-0.1, -0.05) is 12.1 Å². The first-order valence-electron chi connectivity index (χ1n) is 4.44. The number of rotatable bonds is 4. The highest BCUT2D eigenvalue weighted by atomic mass is 32.1. The van der Waals surface area contributed by atoms with E-state index in [0.29, 0.717) is 17.9 Å². The van der Waals surface area contributed by atoms with Crippen molar-refractivity contribution in [1.82, 2.24) is 4.98 Å². The van der Waals surface area contributed by atoms with Gasteiger partial charge in [0.2, 0.25) is 0 Å². The molecule has 15 heavy (non-hydrogen) atoms. The fourth-order valence-corrected chi connectivity index (χ4v) is 1.65. The summed E-state index contributed by atoms with van der Waals surface area (Å²) in [5.74, 6) is 0.702. The van der Waals surface area contributed by atoms with Crippen molar-refractivity contribution in [2.24, 2.45) is 0 Å². The zero-order valence-corrected chi connectivity index (χ0v) is 8.74. The third kappa shape index (κ3) is 2.63. The monoisotopic (exact) mass is 219 g/mol. The number of thiazole rings is 1. The number of aldehydes is 1. The zero-order valence-electron chi connectivity index (χ0n) is 7.92. The SMILES string of the molecule is O=Cc1cccc(OCc2cncs2)c1. The molecule has 0 aliphatic rings. The van der Waals surface area contributed by atoms with Gasteiger partial charge in [0.05, 0.1) is 10.4 Å². The van der Waals surface area contributed by atoms with E-state index in [4.69, 9.17) is 4.74 Å². The Balaban J connectivity index is 2.01. The van der Waals surface area contributed by atoms with Crippen LogP contribution < -0.4 is 4.74 Å². The van der Waals surface area contributed by atoms with Crippen LogP contribution in [0.25, 0.3) is 0 Å². The second-order valence-corrected chi connectivity index (χ2v) is 3.92. The summed E-state index contributed by atoms with van der Waals surface area (Å²) in [5.41, 5.74) is 2.39. The van der Waals surface area contributed by atoms with E-state index in [9.17, 15) is 4.79 Å². The Hall–Kier alpha value is -1.68. The third-order valence-electron chi connectivity index (χ3n) is 1.86. The molecule has 0 spiro atoms. The molecule has 0 aliphatic heterocycles. The van der Waals surface area contributed by atoms with Crippen molar-refractivity contribution in [2.45, 2.75) is 6.61 Å². The Morgan fingerprint density at radius 2 is 2.40 bits per heavy atom. The highest BCUT2D eigenvalue weighted by Crippen LogP contribution is 2.15. The van der Waals surface area contributed by atoms with Crippen molar-refractivity contribution >= 4 is 17.6 Å². The molecule has 0 N–H and O–H groups in total. The van der Waals surface area contributed by atoms with Crippen LogP contribution in [0, 0.1) is 0 Å². The van der Waals surface area contributed by atoms with Crippen LogP contribution in [-0.4, -0.2) is 11.3 Å². The van der Waals surface area contributed by atoms with Gasteiger partial charge in [-0.2, -0.15) is 0 Å². The van der Waals surface area contributed by atoms with Gasteiger partial charge in [0.15, 0.2) is 0 Å². The molecule has 1 heterocycles. The number of carbonyl (C=O) groups is 1. The first kappa shape index (κ1) is 9.86. The number of aromatic nitrogens is 1. The molecule has 4 heteroatoms. The average molecular weight is 219 g/mol. The lowest BCUT2D eigenvalue weighted by molar-refractivity contribution is 0.112. The molecule has 3 nitrogen and oxygen atoms in total. The van der Waals surface area contributed by atoms with Crippen molar-refractivity contribution in [3.05, 3.63) is 46.4 Å². The van der Waals surface area contributed by atoms with Gasteiger partial charge in [-0.25, -0.2) is 0 Å². The number of carbonyl (C=O) groups excluding carboxylic acids is 1. The highest BCUT2D eigenvalue weighted by molar-refractivity contribution is 7.09. The Morgan fingerprint density at radius 3 is 3.13 bits per heavy atom. The second kappa shape index (κ2) is 4.70. The molecule has 0 saturated heterocycles. The summed E-state index contributed by atoms with van der Waals surface area (Å²) >= 11 is 1.55. The van der Waals surface area contributed by atoms with Crippen molar-refractivity contribution < 1.29 is 9.53 Å². The van der Waals surface area contributed by atoms with Gasteiger partial charge in [0.1, 0.15) is 18.6 Å². The van der Waals surface area contributed by atoms with E-state index in [-0.39, 0.29) is 0 Å². The molecule has 1 aromatic carbocycles. The van der Waals surface area contributed by atoms with Gasteiger partial charge < -0.3 is 4.74 Å². The molecule has 0 aliphatic carbocycles. The molecule has 0 bridgehead atoms. The van der Waals surface area contributed by atoms with Crippen molar-refractivity contribution in [1.29, 1.82) is 0 Å². The predicted molar refractivity (Wildman–Crippen MR) is 58.3 cm³/mol. The lowest BCUT2D eigenvalue weighted by Gasteiger charge is -2.03. The van der Waals surface area contributed by atoms with Crippen molar-refractivity contribution in [2.75, 3.05) is 0 Å². The average Bonchev–Trinajstić information content (AvgIpc) is 2.79. The maximum atomic E-state index is 10.5. The largest absolute Gasteiger partial charge is 0.488 e. The summed E-state index contributed by atoms with van der Waals surface area (Å²) in [6, 6.07) is 7.08. The number of benzene rings is 1. The van der Waals surface area contributed by atoms with Crippen LogP contribution in [-0.2, 0) is 6.61 Å². The van der Waals surface area contributed by atoms with Gasteiger partial charge in [-0.3, -0.25) is 9.78 Å². The number of nitrogens with zero attached hydrogens (tertiary/aromatic N) is 1. The quantitative estimate of drug-likeness (QED) is 0.742. The van der Waals surface area contributed by atoms with Crippen LogP contribution in [0.3, 0.4) is 0 Å². The maximum Gasteiger partial charge on any atom is 0.150 e. The molecule has 0 amide bonds. The molecule has 0 radical (unpaired) electrons. The fourth-order valence-electron chi connectivity index (χ4n) is 1.15. The van der Waals surface area contributed by atoms with E-state index in [1.165, 1.54) is 0 Å². The van der Waals surface area contributed by atoms with Crippen LogP contribution in [0.2, 0.25) is 0 Å². The molecule has 1 aromatic heterocycles. The lowest BCUT2D eigenvalue weighted by Crippen LogP contribution is -1.93. The normalized spacial score (nSPS) is 9.87. The summed E-state index contributed by atoms with van der Waals surface area (Å²) in [4.78, 5) is 15.5. The molecule has 0 unspecified atom stereocenters. The molecule has 0 saturated carbocycles. The number of hydrogen-bond acceptors (Lipinski definition) is 4. The van der Waals surface area contributed by atoms with E-state index < -0.39 is 0 Å². The molecule has 2 aromatic rings. The van der Waals surface area contributed by atoms with Crippen LogP contribution >= 0.6 is 11.3 Å². The molecule has 0 atom stereocenters. The lowest BCUT2D eigenvalue weighted by atomic mass is 10.2. The molecule has 76 valence electrons. The van der Waals surface area contributed by atoms with Gasteiger partial charge in [-0.05, 0) is 12.1 Å². The summed E-state index contributed by atoms with van der Waals surface area (Å²) in [6.07, 6.45) is 2.58. The van der Waals surface area contributed by atoms with Crippen LogP contribution in [0.15, 0.2) is 36.0 Å². The predicted octanol–water partition coefficient (Wildman–Crippen LogP) is 2.53. The fraction of sp³-hybridized carbons (Fsp3) is 0.0909. The Bertz CT molecular complexity index is 440. The van der Waals surface area contributed by atoms with E-state index in [2.05, 4.69) is 4.98 Å². The standard InChI is InChI=1S/C11H9NO2S/c13-6-9-2-1-3-10(4-9)14-7-11-5-12-8-15-11/h1-6,8H,7H2.